The third-order valence-electron chi connectivity index (χ3n) is 6.50. The molecule has 11 heteroatoms. The van der Waals surface area contributed by atoms with Crippen molar-refractivity contribution in [1.29, 1.82) is 0 Å². The van der Waals surface area contributed by atoms with E-state index in [1.54, 1.807) is 7.11 Å². The molecular weight excluding hydrogens is 524 g/mol. The molecule has 4 heterocycles. The van der Waals surface area contributed by atoms with Crippen molar-refractivity contribution in [2.75, 3.05) is 37.8 Å². The highest BCUT2D eigenvalue weighted by Gasteiger charge is 2.21. The molecule has 3 aromatic rings. The number of methoxy groups -OCH3 is 1. The number of anilines is 1. The summed E-state index contributed by atoms with van der Waals surface area (Å²) in [6.07, 6.45) is 4.02. The Labute approximate surface area is 226 Å². The number of thioether (sulfide) groups is 1. The molecule has 1 saturated heterocycles. The van der Waals surface area contributed by atoms with Crippen molar-refractivity contribution in [3.63, 3.8) is 0 Å². The van der Waals surface area contributed by atoms with Crippen molar-refractivity contribution in [3.05, 3.63) is 53.6 Å². The van der Waals surface area contributed by atoms with Crippen LogP contribution in [0.25, 0.3) is 10.9 Å². The Hall–Kier alpha value is -2.17. The largest absolute Gasteiger partial charge is 0.497 e. The fraction of sp³-hybridized carbons (Fsp3) is 0.400. The van der Waals surface area contributed by atoms with Crippen LogP contribution < -0.4 is 15.4 Å². The molecule has 0 spiro atoms. The second kappa shape index (κ2) is 12.9. The van der Waals surface area contributed by atoms with Crippen LogP contribution in [-0.2, 0) is 17.8 Å². The molecule has 36 heavy (non-hydrogen) atoms. The van der Waals surface area contributed by atoms with Gasteiger partial charge in [0.25, 0.3) is 0 Å². The fourth-order valence-electron chi connectivity index (χ4n) is 4.57. The predicted molar refractivity (Wildman–Crippen MR) is 146 cm³/mol. The SMILES string of the molecule is COc1ccc2ncc(F)c(CCN3CCC(NCc4ccc5c(n4)NC(=O)CS5)CC3)c2c1.Cl.Cl. The molecule has 1 aromatic carbocycles. The minimum Gasteiger partial charge on any atom is -0.497 e. The number of benzene rings is 1. The zero-order valence-corrected chi connectivity index (χ0v) is 22.4. The molecule has 2 N–H and O–H groups in total. The number of pyridine rings is 2. The van der Waals surface area contributed by atoms with Crippen LogP contribution in [-0.4, -0.2) is 59.3 Å². The molecule has 0 saturated carbocycles. The highest BCUT2D eigenvalue weighted by Crippen LogP contribution is 2.30. The number of piperidine rings is 1. The summed E-state index contributed by atoms with van der Waals surface area (Å²) in [5.41, 5.74) is 2.42. The second-order valence-electron chi connectivity index (χ2n) is 8.70. The number of rotatable bonds is 7. The summed E-state index contributed by atoms with van der Waals surface area (Å²) < 4.78 is 19.9. The molecule has 0 bridgehead atoms. The first-order valence-corrected chi connectivity index (χ1v) is 12.6. The number of hydrogen-bond acceptors (Lipinski definition) is 7. The zero-order chi connectivity index (χ0) is 23.5. The summed E-state index contributed by atoms with van der Waals surface area (Å²) in [6.45, 7) is 3.42. The molecule has 2 aromatic heterocycles. The van der Waals surface area contributed by atoms with Crippen molar-refractivity contribution in [2.45, 2.75) is 36.7 Å². The number of nitrogens with one attached hydrogen (secondary N) is 2. The molecule has 1 fully saturated rings. The molecule has 0 unspecified atom stereocenters. The van der Waals surface area contributed by atoms with Crippen LogP contribution in [0, 0.1) is 5.82 Å². The summed E-state index contributed by atoms with van der Waals surface area (Å²) in [4.78, 5) is 23.8. The van der Waals surface area contributed by atoms with E-state index in [0.29, 0.717) is 41.9 Å². The van der Waals surface area contributed by atoms with Crippen LogP contribution in [0.4, 0.5) is 10.2 Å². The lowest BCUT2D eigenvalue weighted by molar-refractivity contribution is -0.113. The Kier molecular flexibility index (Phi) is 10.2. The summed E-state index contributed by atoms with van der Waals surface area (Å²) in [5, 5.41) is 7.28. The van der Waals surface area contributed by atoms with Crippen LogP contribution in [0.5, 0.6) is 5.75 Å². The number of likely N-dealkylation sites (tertiary alicyclic amines) is 1. The van der Waals surface area contributed by atoms with Crippen LogP contribution in [0.3, 0.4) is 0 Å². The minimum absolute atomic E-state index is 0. The van der Waals surface area contributed by atoms with Crippen LogP contribution in [0.15, 0.2) is 41.4 Å². The highest BCUT2D eigenvalue weighted by molar-refractivity contribution is 8.00. The van der Waals surface area contributed by atoms with Crippen molar-refractivity contribution < 1.29 is 13.9 Å². The maximum Gasteiger partial charge on any atom is 0.235 e. The average Bonchev–Trinajstić information content (AvgIpc) is 2.87. The summed E-state index contributed by atoms with van der Waals surface area (Å²) >= 11 is 1.52. The van der Waals surface area contributed by atoms with Crippen molar-refractivity contribution in [2.24, 2.45) is 0 Å². The van der Waals surface area contributed by atoms with E-state index in [2.05, 4.69) is 25.5 Å². The molecule has 2 aliphatic rings. The topological polar surface area (TPSA) is 79.4 Å². The number of aromatic nitrogens is 2. The number of carbonyl (C=O) groups excluding carboxylic acids is 1. The van der Waals surface area contributed by atoms with Gasteiger partial charge < -0.3 is 20.3 Å². The number of fused-ring (bicyclic) bond motifs is 2. The normalized spacial score (nSPS) is 16.0. The zero-order valence-electron chi connectivity index (χ0n) is 20.0. The Morgan fingerprint density at radius 3 is 2.81 bits per heavy atom. The lowest BCUT2D eigenvalue weighted by Crippen LogP contribution is -2.43. The van der Waals surface area contributed by atoms with Gasteiger partial charge in [-0.15, -0.1) is 36.6 Å². The number of ether oxygens (including phenoxy) is 1. The summed E-state index contributed by atoms with van der Waals surface area (Å²) in [7, 11) is 1.62. The Bertz CT molecular complexity index is 1210. The van der Waals surface area contributed by atoms with Gasteiger partial charge in [0, 0.05) is 30.1 Å². The monoisotopic (exact) mass is 553 g/mol. The van der Waals surface area contributed by atoms with Gasteiger partial charge in [0.2, 0.25) is 5.91 Å². The van der Waals surface area contributed by atoms with Crippen molar-refractivity contribution >= 4 is 59.2 Å². The molecule has 5 rings (SSSR count). The van der Waals surface area contributed by atoms with Gasteiger partial charge in [0.05, 0.1) is 35.2 Å². The molecule has 194 valence electrons. The van der Waals surface area contributed by atoms with E-state index in [9.17, 15) is 9.18 Å². The van der Waals surface area contributed by atoms with Gasteiger partial charge >= 0.3 is 0 Å². The second-order valence-corrected chi connectivity index (χ2v) is 9.72. The van der Waals surface area contributed by atoms with Crippen LogP contribution in [0.1, 0.15) is 24.1 Å². The Morgan fingerprint density at radius 2 is 2.03 bits per heavy atom. The lowest BCUT2D eigenvalue weighted by Gasteiger charge is -2.32. The maximum absolute atomic E-state index is 14.6. The summed E-state index contributed by atoms with van der Waals surface area (Å²) in [5.74, 6) is 1.57. The molecular formula is C25H30Cl2FN5O2S. The number of halogens is 3. The molecule has 0 atom stereocenters. The maximum atomic E-state index is 14.6. The van der Waals surface area contributed by atoms with Gasteiger partial charge in [0.1, 0.15) is 17.4 Å². The quantitative estimate of drug-likeness (QED) is 0.447. The first-order valence-electron chi connectivity index (χ1n) is 11.6. The number of amides is 1. The molecule has 7 nitrogen and oxygen atoms in total. The van der Waals surface area contributed by atoms with E-state index >= 15 is 0 Å². The molecule has 1 amide bonds. The fourth-order valence-corrected chi connectivity index (χ4v) is 5.32. The van der Waals surface area contributed by atoms with Crippen LogP contribution >= 0.6 is 36.6 Å². The first-order chi connectivity index (χ1) is 16.6. The molecule has 2 aliphatic heterocycles. The average molecular weight is 555 g/mol. The van der Waals surface area contributed by atoms with Gasteiger partial charge in [-0.1, -0.05) is 0 Å². The van der Waals surface area contributed by atoms with E-state index in [0.717, 1.165) is 54.0 Å². The third-order valence-corrected chi connectivity index (χ3v) is 7.55. The number of carbonyl (C=O) groups is 1. The van der Waals surface area contributed by atoms with Gasteiger partial charge in [-0.25, -0.2) is 9.37 Å². The standard InChI is InChI=1S/C25H28FN5O2S.2ClH/c1-33-18-3-4-22-20(12-18)19(21(26)14-28-22)8-11-31-9-6-16(7-10-31)27-13-17-2-5-23-25(29-17)30-24(32)15-34-23;;/h2-5,12,14,16,27H,6-11,13,15H2,1H3,(H,29,30,32);2*1H. The first kappa shape index (κ1) is 28.4. The Morgan fingerprint density at radius 1 is 1.22 bits per heavy atom. The molecule has 0 radical (unpaired) electrons. The highest BCUT2D eigenvalue weighted by atomic mass is 35.5. The van der Waals surface area contributed by atoms with E-state index in [4.69, 9.17) is 4.74 Å². The Balaban J connectivity index is 0.00000180. The van der Waals surface area contributed by atoms with Gasteiger partial charge in [0.15, 0.2) is 0 Å². The third kappa shape index (κ3) is 6.58. The molecule has 0 aliphatic carbocycles. The lowest BCUT2D eigenvalue weighted by atomic mass is 10.0. The van der Waals surface area contributed by atoms with Crippen LogP contribution in [0.2, 0.25) is 0 Å². The number of nitrogens with zero attached hydrogens (tertiary/aromatic N) is 3. The van der Waals surface area contributed by atoms with Gasteiger partial charge in [-0.2, -0.15) is 0 Å². The van der Waals surface area contributed by atoms with Gasteiger partial charge in [-0.3, -0.25) is 9.78 Å². The number of hydrogen-bond donors (Lipinski definition) is 2. The van der Waals surface area contributed by atoms with E-state index in [1.807, 2.05) is 30.3 Å². The van der Waals surface area contributed by atoms with Gasteiger partial charge in [-0.05, 0) is 62.7 Å². The van der Waals surface area contributed by atoms with E-state index in [1.165, 1.54) is 18.0 Å². The predicted octanol–water partition coefficient (Wildman–Crippen LogP) is 4.46. The smallest absolute Gasteiger partial charge is 0.235 e. The minimum atomic E-state index is -0.260. The van der Waals surface area contributed by atoms with E-state index < -0.39 is 0 Å². The summed E-state index contributed by atoms with van der Waals surface area (Å²) in [6, 6.07) is 10.1. The van der Waals surface area contributed by atoms with Crippen molar-refractivity contribution in [3.8, 4) is 5.75 Å². The van der Waals surface area contributed by atoms with E-state index in [-0.39, 0.29) is 36.5 Å². The van der Waals surface area contributed by atoms with Crippen molar-refractivity contribution in [1.82, 2.24) is 20.2 Å².